The molecular formula is C21H23N3O5. The molecule has 1 fully saturated rings. The van der Waals surface area contributed by atoms with Crippen molar-refractivity contribution in [2.24, 2.45) is 0 Å². The number of ether oxygens (including phenoxy) is 2. The van der Waals surface area contributed by atoms with Crippen LogP contribution in [0.15, 0.2) is 48.8 Å². The second-order valence-corrected chi connectivity index (χ2v) is 6.59. The second kappa shape index (κ2) is 9.68. The largest absolute Gasteiger partial charge is 0.513 e. The van der Waals surface area contributed by atoms with Crippen LogP contribution in [0.3, 0.4) is 0 Å². The lowest BCUT2D eigenvalue weighted by Crippen LogP contribution is -2.46. The predicted octanol–water partition coefficient (Wildman–Crippen LogP) is 2.65. The Labute approximate surface area is 168 Å². The van der Waals surface area contributed by atoms with Crippen LogP contribution >= 0.6 is 0 Å². The van der Waals surface area contributed by atoms with Gasteiger partial charge in [-0.3, -0.25) is 14.6 Å². The van der Waals surface area contributed by atoms with Crippen molar-refractivity contribution in [2.45, 2.75) is 25.8 Å². The summed E-state index contributed by atoms with van der Waals surface area (Å²) >= 11 is 0. The highest BCUT2D eigenvalue weighted by Crippen LogP contribution is 2.16. The van der Waals surface area contributed by atoms with E-state index in [2.05, 4.69) is 10.3 Å². The first kappa shape index (κ1) is 20.3. The summed E-state index contributed by atoms with van der Waals surface area (Å²) in [5.74, 6) is 0.0869. The van der Waals surface area contributed by atoms with Crippen LogP contribution in [0, 0.1) is 0 Å². The number of nitrogens with zero attached hydrogens (tertiary/aromatic N) is 2. The molecular weight excluding hydrogens is 374 g/mol. The van der Waals surface area contributed by atoms with E-state index in [0.29, 0.717) is 42.8 Å². The van der Waals surface area contributed by atoms with Gasteiger partial charge in [-0.15, -0.1) is 0 Å². The third-order valence-corrected chi connectivity index (χ3v) is 4.62. The van der Waals surface area contributed by atoms with Crippen molar-refractivity contribution in [1.29, 1.82) is 0 Å². The number of benzene rings is 1. The van der Waals surface area contributed by atoms with Crippen molar-refractivity contribution < 1.29 is 23.9 Å². The van der Waals surface area contributed by atoms with Gasteiger partial charge in [0.1, 0.15) is 5.75 Å². The zero-order valence-corrected chi connectivity index (χ0v) is 16.2. The van der Waals surface area contributed by atoms with Gasteiger partial charge >= 0.3 is 6.16 Å². The van der Waals surface area contributed by atoms with E-state index in [1.165, 1.54) is 0 Å². The van der Waals surface area contributed by atoms with Crippen molar-refractivity contribution in [1.82, 2.24) is 15.2 Å². The monoisotopic (exact) mass is 397 g/mol. The first-order valence-electron chi connectivity index (χ1n) is 9.51. The number of hydrogen-bond acceptors (Lipinski definition) is 6. The Hall–Kier alpha value is -3.42. The Kier molecular flexibility index (Phi) is 6.78. The van der Waals surface area contributed by atoms with Gasteiger partial charge in [0.05, 0.1) is 6.61 Å². The van der Waals surface area contributed by atoms with E-state index in [9.17, 15) is 14.4 Å². The van der Waals surface area contributed by atoms with E-state index < -0.39 is 6.16 Å². The van der Waals surface area contributed by atoms with Gasteiger partial charge in [-0.25, -0.2) is 4.79 Å². The van der Waals surface area contributed by atoms with E-state index >= 15 is 0 Å². The molecule has 0 aliphatic carbocycles. The van der Waals surface area contributed by atoms with Crippen LogP contribution < -0.4 is 10.1 Å². The Morgan fingerprint density at radius 3 is 2.31 bits per heavy atom. The number of carbonyl (C=O) groups excluding carboxylic acids is 3. The fourth-order valence-corrected chi connectivity index (χ4v) is 3.09. The van der Waals surface area contributed by atoms with Crippen LogP contribution in [-0.4, -0.2) is 53.6 Å². The summed E-state index contributed by atoms with van der Waals surface area (Å²) in [4.78, 5) is 41.9. The number of carbonyl (C=O) groups is 3. The van der Waals surface area contributed by atoms with Crippen LogP contribution in [-0.2, 0) is 4.74 Å². The maximum atomic E-state index is 12.5. The van der Waals surface area contributed by atoms with E-state index in [-0.39, 0.29) is 24.5 Å². The minimum absolute atomic E-state index is 0.000511. The molecule has 0 saturated carbocycles. The summed E-state index contributed by atoms with van der Waals surface area (Å²) in [6, 6.07) is 9.66. The molecule has 1 saturated heterocycles. The molecule has 0 atom stereocenters. The predicted molar refractivity (Wildman–Crippen MR) is 105 cm³/mol. The van der Waals surface area contributed by atoms with Gasteiger partial charge in [-0.2, -0.15) is 0 Å². The first-order valence-corrected chi connectivity index (χ1v) is 9.51. The van der Waals surface area contributed by atoms with Crippen LogP contribution in [0.1, 0.15) is 40.5 Å². The zero-order chi connectivity index (χ0) is 20.6. The topological polar surface area (TPSA) is 97.8 Å². The smallest absolute Gasteiger partial charge is 0.434 e. The van der Waals surface area contributed by atoms with Crippen molar-refractivity contribution in [3.05, 3.63) is 59.9 Å². The molecule has 8 heteroatoms. The molecule has 1 aliphatic heterocycles. The molecule has 2 amide bonds. The van der Waals surface area contributed by atoms with Crippen LogP contribution in [0.25, 0.3) is 0 Å². The molecule has 3 rings (SSSR count). The summed E-state index contributed by atoms with van der Waals surface area (Å²) in [5, 5.41) is 3.00. The molecule has 0 radical (unpaired) electrons. The normalized spacial score (nSPS) is 14.2. The molecule has 1 aromatic carbocycles. The lowest BCUT2D eigenvalue weighted by atomic mass is 10.0. The summed E-state index contributed by atoms with van der Waals surface area (Å²) in [6.07, 6.45) is 3.80. The lowest BCUT2D eigenvalue weighted by Gasteiger charge is -2.32. The molecule has 0 spiro atoms. The van der Waals surface area contributed by atoms with Gasteiger partial charge in [-0.1, -0.05) is 0 Å². The average molecular weight is 397 g/mol. The van der Waals surface area contributed by atoms with Crippen molar-refractivity contribution in [3.8, 4) is 5.75 Å². The summed E-state index contributed by atoms with van der Waals surface area (Å²) in [6.45, 7) is 3.08. The molecule has 2 heterocycles. The third-order valence-electron chi connectivity index (χ3n) is 4.62. The first-order chi connectivity index (χ1) is 14.1. The highest BCUT2D eigenvalue weighted by atomic mass is 16.7. The summed E-state index contributed by atoms with van der Waals surface area (Å²) in [7, 11) is 0. The number of likely N-dealkylation sites (tertiary alicyclic amines) is 1. The molecule has 0 unspecified atom stereocenters. The maximum absolute atomic E-state index is 12.5. The van der Waals surface area contributed by atoms with E-state index in [4.69, 9.17) is 9.47 Å². The Balaban J connectivity index is 1.48. The van der Waals surface area contributed by atoms with Gasteiger partial charge in [0.25, 0.3) is 11.8 Å². The van der Waals surface area contributed by atoms with Crippen molar-refractivity contribution in [3.63, 3.8) is 0 Å². The van der Waals surface area contributed by atoms with Crippen molar-refractivity contribution >= 4 is 18.0 Å². The Morgan fingerprint density at radius 2 is 1.69 bits per heavy atom. The number of nitrogens with one attached hydrogen (secondary N) is 1. The molecule has 1 N–H and O–H groups in total. The zero-order valence-electron chi connectivity index (χ0n) is 16.2. The summed E-state index contributed by atoms with van der Waals surface area (Å²) in [5.41, 5.74) is 1.09. The number of piperidine rings is 1. The van der Waals surface area contributed by atoms with E-state index in [0.717, 1.165) is 0 Å². The summed E-state index contributed by atoms with van der Waals surface area (Å²) < 4.78 is 9.68. The third kappa shape index (κ3) is 5.54. The minimum atomic E-state index is -0.780. The quantitative estimate of drug-likeness (QED) is 0.615. The molecule has 2 aromatic rings. The SMILES string of the molecule is CCOC(=O)Oc1ccc(C(=O)NC2CCN(C(=O)c3ccncc3)CC2)cc1. The number of hydrogen-bond donors (Lipinski definition) is 1. The van der Waals surface area contributed by atoms with E-state index in [1.54, 1.807) is 60.6 Å². The van der Waals surface area contributed by atoms with E-state index in [1.807, 2.05) is 0 Å². The number of rotatable bonds is 5. The van der Waals surface area contributed by atoms with Crippen LogP contribution in [0.4, 0.5) is 4.79 Å². The van der Waals surface area contributed by atoms with Gasteiger partial charge in [0.15, 0.2) is 0 Å². The molecule has 0 bridgehead atoms. The fourth-order valence-electron chi connectivity index (χ4n) is 3.09. The highest BCUT2D eigenvalue weighted by Gasteiger charge is 2.24. The molecule has 29 heavy (non-hydrogen) atoms. The van der Waals surface area contributed by atoms with Crippen LogP contribution in [0.5, 0.6) is 5.75 Å². The average Bonchev–Trinajstić information content (AvgIpc) is 2.75. The maximum Gasteiger partial charge on any atom is 0.513 e. The lowest BCUT2D eigenvalue weighted by molar-refractivity contribution is 0.0697. The molecule has 1 aliphatic rings. The van der Waals surface area contributed by atoms with Crippen LogP contribution in [0.2, 0.25) is 0 Å². The number of aromatic nitrogens is 1. The Morgan fingerprint density at radius 1 is 1.03 bits per heavy atom. The second-order valence-electron chi connectivity index (χ2n) is 6.59. The highest BCUT2D eigenvalue weighted by molar-refractivity contribution is 5.95. The standard InChI is InChI=1S/C21H23N3O5/c1-2-28-21(27)29-18-5-3-15(4-6-18)19(25)23-17-9-13-24(14-10-17)20(26)16-7-11-22-12-8-16/h3-8,11-12,17H,2,9-10,13-14H2,1H3,(H,23,25). The van der Waals surface area contributed by atoms with Gasteiger partial charge < -0.3 is 19.7 Å². The number of pyridine rings is 1. The fraction of sp³-hybridized carbons (Fsp3) is 0.333. The molecule has 1 aromatic heterocycles. The molecule has 152 valence electrons. The van der Waals surface area contributed by atoms with Crippen molar-refractivity contribution in [2.75, 3.05) is 19.7 Å². The van der Waals surface area contributed by atoms with Gasteiger partial charge in [-0.05, 0) is 56.2 Å². The number of amides is 2. The minimum Gasteiger partial charge on any atom is -0.434 e. The van der Waals surface area contributed by atoms with Gasteiger partial charge in [0.2, 0.25) is 0 Å². The Bertz CT molecular complexity index is 846. The molecule has 8 nitrogen and oxygen atoms in total. The van der Waals surface area contributed by atoms with Gasteiger partial charge in [0, 0.05) is 42.7 Å².